The second-order valence-corrected chi connectivity index (χ2v) is 11.1. The highest BCUT2D eigenvalue weighted by Crippen LogP contribution is 2.38. The van der Waals surface area contributed by atoms with Gasteiger partial charge in [0.15, 0.2) is 0 Å². The molecule has 4 N–H and O–H groups in total. The third-order valence-corrected chi connectivity index (χ3v) is 7.96. The summed E-state index contributed by atoms with van der Waals surface area (Å²) in [6.45, 7) is 0. The number of nitrogens with one attached hydrogen (secondary N) is 2. The number of allylic oxidation sites excluding steroid dienone is 6. The average Bonchev–Trinajstić information content (AvgIpc) is 3.44. The molecule has 0 radical (unpaired) electrons. The molecule has 0 aromatic carbocycles. The molecule has 1 atom stereocenters. The number of anilines is 2. The Bertz CT molecular complexity index is 1310. The summed E-state index contributed by atoms with van der Waals surface area (Å²) in [5.74, 6) is -0.764. The number of nitrogens with zero attached hydrogens (tertiary/aromatic N) is 4. The Labute approximate surface area is 215 Å². The monoisotopic (exact) mass is 526 g/mol. The molecule has 8 bridgehead atoms. The number of aliphatic hydroxyl groups excluding tert-OH is 2. The molecule has 0 fully saturated rings. The van der Waals surface area contributed by atoms with Crippen LogP contribution in [0.2, 0.25) is 0 Å². The van der Waals surface area contributed by atoms with E-state index in [1.807, 2.05) is 12.2 Å². The number of carbonyl (C=O) groups is 2. The standard InChI is InChI=1S/C24H26N6O4S2/c31-17-12-19(33)26-24-30-28-21(36-24)7-2-1-6-20-27-29-23(35-20)25-18(32)9-13-4-3-5-14(8-13)15-10-16(11-15)22(17)34/h4,8,10,17,31,34H,1-3,5-7,9,11-12H2,(H,25,29,32)(H,26,30,33)/b22-16-/t17-/m1/s1. The highest BCUT2D eigenvalue weighted by atomic mass is 32.1. The van der Waals surface area contributed by atoms with Gasteiger partial charge in [0.1, 0.15) is 21.9 Å². The normalized spacial score (nSPS) is 23.8. The Morgan fingerprint density at radius 1 is 0.833 bits per heavy atom. The van der Waals surface area contributed by atoms with Crippen molar-refractivity contribution in [2.75, 3.05) is 10.6 Å². The van der Waals surface area contributed by atoms with Crippen molar-refractivity contribution in [2.24, 2.45) is 0 Å². The van der Waals surface area contributed by atoms with E-state index in [0.29, 0.717) is 28.7 Å². The predicted octanol–water partition coefficient (Wildman–Crippen LogP) is 3.78. The zero-order valence-electron chi connectivity index (χ0n) is 19.5. The van der Waals surface area contributed by atoms with Gasteiger partial charge >= 0.3 is 0 Å². The first-order valence-electron chi connectivity index (χ1n) is 11.9. The zero-order chi connectivity index (χ0) is 25.1. The molecule has 36 heavy (non-hydrogen) atoms. The van der Waals surface area contributed by atoms with Crippen LogP contribution < -0.4 is 10.6 Å². The number of carbonyl (C=O) groups excluding carboxylic acids is 2. The highest BCUT2D eigenvalue weighted by molar-refractivity contribution is 7.15. The third kappa shape index (κ3) is 5.94. The van der Waals surface area contributed by atoms with Crippen LogP contribution in [0.25, 0.3) is 0 Å². The van der Waals surface area contributed by atoms with Crippen molar-refractivity contribution in [3.05, 3.63) is 56.3 Å². The fraction of sp³-hybridized carbons (Fsp3) is 0.417. The summed E-state index contributed by atoms with van der Waals surface area (Å²) in [6.07, 6.45) is 9.98. The van der Waals surface area contributed by atoms with Crippen LogP contribution in [0.4, 0.5) is 10.3 Å². The van der Waals surface area contributed by atoms with E-state index in [4.69, 9.17) is 0 Å². The van der Waals surface area contributed by atoms with Gasteiger partial charge in [-0.05, 0) is 48.0 Å². The van der Waals surface area contributed by atoms with E-state index >= 15 is 0 Å². The van der Waals surface area contributed by atoms with Gasteiger partial charge < -0.3 is 20.8 Å². The van der Waals surface area contributed by atoms with Crippen molar-refractivity contribution in [1.29, 1.82) is 0 Å². The molecule has 2 aromatic rings. The van der Waals surface area contributed by atoms with E-state index in [9.17, 15) is 19.8 Å². The van der Waals surface area contributed by atoms with Gasteiger partial charge in [0, 0.05) is 19.3 Å². The van der Waals surface area contributed by atoms with E-state index in [-0.39, 0.29) is 24.5 Å². The van der Waals surface area contributed by atoms with Crippen molar-refractivity contribution in [2.45, 2.75) is 63.9 Å². The lowest BCUT2D eigenvalue weighted by Gasteiger charge is -2.25. The van der Waals surface area contributed by atoms with Gasteiger partial charge in [-0.15, -0.1) is 20.4 Å². The van der Waals surface area contributed by atoms with E-state index < -0.39 is 12.0 Å². The summed E-state index contributed by atoms with van der Waals surface area (Å²) in [4.78, 5) is 24.9. The van der Waals surface area contributed by atoms with Gasteiger partial charge in [-0.1, -0.05) is 40.9 Å². The molecule has 2 aliphatic heterocycles. The minimum absolute atomic E-state index is 0.134. The van der Waals surface area contributed by atoms with Crippen LogP contribution in [0, 0.1) is 0 Å². The lowest BCUT2D eigenvalue weighted by molar-refractivity contribution is -0.118. The fourth-order valence-corrected chi connectivity index (χ4v) is 5.87. The van der Waals surface area contributed by atoms with Gasteiger partial charge in [0.25, 0.3) is 0 Å². The number of aliphatic hydroxyl groups is 2. The largest absolute Gasteiger partial charge is 0.509 e. The van der Waals surface area contributed by atoms with Crippen LogP contribution in [0.1, 0.15) is 55.0 Å². The molecule has 0 saturated heterocycles. The number of hydrogen-bond acceptors (Lipinski definition) is 10. The molecule has 2 aromatic heterocycles. The minimum atomic E-state index is -1.30. The minimum Gasteiger partial charge on any atom is -0.509 e. The average molecular weight is 527 g/mol. The van der Waals surface area contributed by atoms with Crippen molar-refractivity contribution in [3.8, 4) is 0 Å². The van der Waals surface area contributed by atoms with Crippen LogP contribution in [0.5, 0.6) is 0 Å². The molecule has 4 heterocycles. The van der Waals surface area contributed by atoms with Crippen molar-refractivity contribution >= 4 is 44.8 Å². The molecule has 12 heteroatoms. The highest BCUT2D eigenvalue weighted by Gasteiger charge is 2.25. The molecule has 2 amide bonds. The molecular weight excluding hydrogens is 500 g/mol. The second-order valence-electron chi connectivity index (χ2n) is 8.95. The summed E-state index contributed by atoms with van der Waals surface area (Å²) >= 11 is 2.68. The molecule has 0 spiro atoms. The molecule has 188 valence electrons. The van der Waals surface area contributed by atoms with Gasteiger partial charge in [0.2, 0.25) is 22.1 Å². The van der Waals surface area contributed by atoms with Crippen LogP contribution in [-0.4, -0.2) is 48.5 Å². The van der Waals surface area contributed by atoms with Gasteiger partial charge in [-0.2, -0.15) is 0 Å². The molecule has 0 saturated carbocycles. The Balaban J connectivity index is 1.34. The van der Waals surface area contributed by atoms with Crippen LogP contribution in [-0.2, 0) is 22.4 Å². The number of rotatable bonds is 0. The maximum atomic E-state index is 12.6. The lowest BCUT2D eigenvalue weighted by atomic mass is 9.81. The number of aryl methyl sites for hydroxylation is 2. The first-order valence-corrected chi connectivity index (χ1v) is 13.5. The van der Waals surface area contributed by atoms with Crippen molar-refractivity contribution < 1.29 is 19.8 Å². The first kappa shape index (κ1) is 24.5. The molecule has 2 aliphatic carbocycles. The Morgan fingerprint density at radius 2 is 1.47 bits per heavy atom. The van der Waals surface area contributed by atoms with E-state index in [1.54, 1.807) is 0 Å². The summed E-state index contributed by atoms with van der Waals surface area (Å²) < 4.78 is 0. The van der Waals surface area contributed by atoms with Gasteiger partial charge in [-0.25, -0.2) is 0 Å². The Kier molecular flexibility index (Phi) is 7.35. The van der Waals surface area contributed by atoms with Crippen LogP contribution in [0.15, 0.2) is 46.3 Å². The number of amides is 2. The predicted molar refractivity (Wildman–Crippen MR) is 137 cm³/mol. The molecule has 4 aliphatic rings. The zero-order valence-corrected chi connectivity index (χ0v) is 21.1. The molecule has 0 unspecified atom stereocenters. The summed E-state index contributed by atoms with van der Waals surface area (Å²) in [6, 6.07) is 0. The second kappa shape index (κ2) is 10.8. The van der Waals surface area contributed by atoms with Crippen LogP contribution in [0.3, 0.4) is 0 Å². The lowest BCUT2D eigenvalue weighted by Crippen LogP contribution is -2.23. The fourth-order valence-electron chi connectivity index (χ4n) is 4.27. The van der Waals surface area contributed by atoms with Crippen LogP contribution >= 0.6 is 22.7 Å². The maximum Gasteiger partial charge on any atom is 0.230 e. The van der Waals surface area contributed by atoms with E-state index in [0.717, 1.165) is 58.8 Å². The SMILES string of the molecule is O=C1CC2=CCCC(=C2)C2=C/C(=C(/O)[C@H](O)CC(=O)Nc3nnc(s3)CCCCc3nnc(s3)N1)C2. The summed E-state index contributed by atoms with van der Waals surface area (Å²) in [5, 5.41) is 45.3. The molecular formula is C24H26N6O4S2. The number of fused-ring (bicyclic) bond motifs is 9. The number of aromatic nitrogens is 4. The van der Waals surface area contributed by atoms with E-state index in [2.05, 4.69) is 37.1 Å². The summed E-state index contributed by atoms with van der Waals surface area (Å²) in [5.41, 5.74) is 3.72. The molecule has 6 rings (SSSR count). The molecule has 10 nitrogen and oxygen atoms in total. The smallest absolute Gasteiger partial charge is 0.230 e. The third-order valence-electron chi connectivity index (χ3n) is 6.17. The van der Waals surface area contributed by atoms with Crippen molar-refractivity contribution in [1.82, 2.24) is 20.4 Å². The van der Waals surface area contributed by atoms with Crippen molar-refractivity contribution in [3.63, 3.8) is 0 Å². The number of hydrogen-bond donors (Lipinski definition) is 4. The summed E-state index contributed by atoms with van der Waals surface area (Å²) in [7, 11) is 0. The van der Waals surface area contributed by atoms with Gasteiger partial charge in [-0.3, -0.25) is 9.59 Å². The quantitative estimate of drug-likeness (QED) is 0.405. The van der Waals surface area contributed by atoms with E-state index in [1.165, 1.54) is 22.7 Å². The topological polar surface area (TPSA) is 150 Å². The Hall–Kier alpha value is -3.22. The Morgan fingerprint density at radius 3 is 2.14 bits per heavy atom. The first-order chi connectivity index (χ1) is 17.4. The maximum absolute atomic E-state index is 12.6. The van der Waals surface area contributed by atoms with Gasteiger partial charge in [0.05, 0.1) is 12.8 Å².